The van der Waals surface area contributed by atoms with Crippen LogP contribution in [-0.2, 0) is 0 Å². The van der Waals surface area contributed by atoms with Crippen molar-refractivity contribution in [3.05, 3.63) is 21.0 Å². The van der Waals surface area contributed by atoms with Crippen molar-refractivity contribution >= 4 is 21.6 Å². The van der Waals surface area contributed by atoms with Gasteiger partial charge in [-0.2, -0.15) is 5.10 Å². The summed E-state index contributed by atoms with van der Waals surface area (Å²) < 4.78 is 2.00. The molecule has 0 spiro atoms. The molecular weight excluding hydrogens is 322 g/mol. The quantitative estimate of drug-likeness (QED) is 0.881. The van der Waals surface area contributed by atoms with Crippen LogP contribution in [0.5, 0.6) is 0 Å². The average molecular weight is 344 g/mol. The second-order valence-corrected chi connectivity index (χ2v) is 6.56. The van der Waals surface area contributed by atoms with Crippen LogP contribution in [0.4, 0.5) is 5.69 Å². The highest BCUT2D eigenvalue weighted by Crippen LogP contribution is 2.25. The van der Waals surface area contributed by atoms with E-state index in [1.807, 2.05) is 13.8 Å². The Morgan fingerprint density at radius 2 is 2.10 bits per heavy atom. The van der Waals surface area contributed by atoms with Crippen LogP contribution in [0.25, 0.3) is 0 Å². The fourth-order valence-electron chi connectivity index (χ4n) is 2.54. The van der Waals surface area contributed by atoms with E-state index in [0.29, 0.717) is 10.4 Å². The molecular formula is C14H22BrN3O2. The highest BCUT2D eigenvalue weighted by Gasteiger charge is 2.19. The molecule has 1 aliphatic carbocycles. The van der Waals surface area contributed by atoms with Gasteiger partial charge < -0.3 is 10.4 Å². The number of halogens is 1. The molecule has 6 heteroatoms. The van der Waals surface area contributed by atoms with Crippen molar-refractivity contribution in [1.29, 1.82) is 0 Å². The Bertz CT molecular complexity index is 508. The first kappa shape index (κ1) is 15.5. The van der Waals surface area contributed by atoms with Crippen LogP contribution < -0.4 is 10.9 Å². The smallest absolute Gasteiger partial charge is 0.283 e. The third kappa shape index (κ3) is 3.61. The minimum atomic E-state index is -0.130. The van der Waals surface area contributed by atoms with E-state index in [1.165, 1.54) is 4.68 Å². The van der Waals surface area contributed by atoms with E-state index in [-0.39, 0.29) is 17.7 Å². The topological polar surface area (TPSA) is 67.2 Å². The van der Waals surface area contributed by atoms with Crippen molar-refractivity contribution in [1.82, 2.24) is 9.78 Å². The van der Waals surface area contributed by atoms with Gasteiger partial charge in [0, 0.05) is 6.54 Å². The third-order valence-corrected chi connectivity index (χ3v) is 4.60. The average Bonchev–Trinajstić information content (AvgIpc) is 2.42. The van der Waals surface area contributed by atoms with Gasteiger partial charge in [-0.25, -0.2) is 4.68 Å². The Morgan fingerprint density at radius 1 is 1.45 bits per heavy atom. The van der Waals surface area contributed by atoms with Crippen molar-refractivity contribution < 1.29 is 5.11 Å². The zero-order chi connectivity index (χ0) is 14.7. The molecule has 0 amide bonds. The van der Waals surface area contributed by atoms with Gasteiger partial charge in [0.15, 0.2) is 0 Å². The molecule has 2 N–H and O–H groups in total. The van der Waals surface area contributed by atoms with Crippen molar-refractivity contribution in [3.8, 4) is 0 Å². The normalized spacial score (nSPS) is 23.1. The Labute approximate surface area is 127 Å². The Balaban J connectivity index is 2.00. The monoisotopic (exact) mass is 343 g/mol. The molecule has 1 aromatic heterocycles. The minimum absolute atomic E-state index is 0.0488. The summed E-state index contributed by atoms with van der Waals surface area (Å²) in [4.78, 5) is 12.1. The molecule has 5 nitrogen and oxygen atoms in total. The van der Waals surface area contributed by atoms with Gasteiger partial charge in [-0.3, -0.25) is 4.79 Å². The first-order valence-corrected chi connectivity index (χ1v) is 7.97. The summed E-state index contributed by atoms with van der Waals surface area (Å²) in [7, 11) is 0. The maximum atomic E-state index is 12.1. The van der Waals surface area contributed by atoms with Gasteiger partial charge in [-0.05, 0) is 61.4 Å². The molecule has 0 saturated heterocycles. The lowest BCUT2D eigenvalue weighted by atomic mass is 9.87. The molecule has 0 aromatic carbocycles. The molecule has 1 heterocycles. The maximum absolute atomic E-state index is 12.1. The molecule has 1 aromatic rings. The summed E-state index contributed by atoms with van der Waals surface area (Å²) in [6.45, 7) is 4.68. The van der Waals surface area contributed by atoms with E-state index in [1.54, 1.807) is 6.20 Å². The lowest BCUT2D eigenvalue weighted by Crippen LogP contribution is -2.27. The van der Waals surface area contributed by atoms with Crippen molar-refractivity contribution in [2.24, 2.45) is 5.92 Å². The van der Waals surface area contributed by atoms with Gasteiger partial charge in [0.25, 0.3) is 5.56 Å². The van der Waals surface area contributed by atoms with Gasteiger partial charge >= 0.3 is 0 Å². The van der Waals surface area contributed by atoms with Crippen molar-refractivity contribution in [3.63, 3.8) is 0 Å². The molecule has 0 bridgehead atoms. The molecule has 0 aliphatic heterocycles. The zero-order valence-corrected chi connectivity index (χ0v) is 13.6. The number of hydrogen-bond acceptors (Lipinski definition) is 4. The second-order valence-electron chi connectivity index (χ2n) is 5.77. The lowest BCUT2D eigenvalue weighted by Gasteiger charge is -2.26. The van der Waals surface area contributed by atoms with Crippen LogP contribution in [0.3, 0.4) is 0 Å². The van der Waals surface area contributed by atoms with Gasteiger partial charge in [0.1, 0.15) is 4.47 Å². The zero-order valence-electron chi connectivity index (χ0n) is 12.0. The number of aliphatic hydroxyl groups is 1. The molecule has 1 aliphatic rings. The lowest BCUT2D eigenvalue weighted by molar-refractivity contribution is 0.111. The minimum Gasteiger partial charge on any atom is -0.393 e. The number of anilines is 1. The van der Waals surface area contributed by atoms with Gasteiger partial charge in [0.05, 0.1) is 24.0 Å². The van der Waals surface area contributed by atoms with Gasteiger partial charge in [-0.1, -0.05) is 0 Å². The highest BCUT2D eigenvalue weighted by molar-refractivity contribution is 9.10. The maximum Gasteiger partial charge on any atom is 0.283 e. The van der Waals surface area contributed by atoms with Crippen molar-refractivity contribution in [2.75, 3.05) is 11.9 Å². The standard InChI is InChI=1S/C14H22BrN3O2/c1-9(2)18-14(20)13(15)12(8-17-18)16-7-10-3-5-11(19)6-4-10/h8-11,16,19H,3-7H2,1-2H3. The predicted octanol–water partition coefficient (Wildman–Crippen LogP) is 2.55. The third-order valence-electron chi connectivity index (χ3n) is 3.83. The number of aliphatic hydroxyl groups excluding tert-OH is 1. The Kier molecular flexibility index (Phi) is 5.21. The predicted molar refractivity (Wildman–Crippen MR) is 83.0 cm³/mol. The fraction of sp³-hybridized carbons (Fsp3) is 0.714. The largest absolute Gasteiger partial charge is 0.393 e. The molecule has 1 saturated carbocycles. The molecule has 2 rings (SSSR count). The molecule has 20 heavy (non-hydrogen) atoms. The molecule has 112 valence electrons. The number of aromatic nitrogens is 2. The summed E-state index contributed by atoms with van der Waals surface area (Å²) in [5.74, 6) is 0.554. The molecule has 0 unspecified atom stereocenters. The van der Waals surface area contributed by atoms with E-state index in [4.69, 9.17) is 0 Å². The second kappa shape index (κ2) is 6.72. The highest BCUT2D eigenvalue weighted by atomic mass is 79.9. The van der Waals surface area contributed by atoms with Crippen molar-refractivity contribution in [2.45, 2.75) is 51.7 Å². The van der Waals surface area contributed by atoms with Crippen LogP contribution in [-0.4, -0.2) is 27.5 Å². The van der Waals surface area contributed by atoms with Gasteiger partial charge in [-0.15, -0.1) is 0 Å². The number of nitrogens with zero attached hydrogens (tertiary/aromatic N) is 2. The van der Waals surface area contributed by atoms with Crippen LogP contribution in [0.15, 0.2) is 15.5 Å². The number of hydrogen-bond donors (Lipinski definition) is 2. The van der Waals surface area contributed by atoms with E-state index in [0.717, 1.165) is 37.9 Å². The Morgan fingerprint density at radius 3 is 2.70 bits per heavy atom. The summed E-state index contributed by atoms with van der Waals surface area (Å²) in [5.41, 5.74) is 0.641. The van der Waals surface area contributed by atoms with Crippen LogP contribution in [0.2, 0.25) is 0 Å². The van der Waals surface area contributed by atoms with Gasteiger partial charge in [0.2, 0.25) is 0 Å². The fourth-order valence-corrected chi connectivity index (χ4v) is 2.96. The molecule has 0 radical (unpaired) electrons. The first-order chi connectivity index (χ1) is 9.49. The number of rotatable bonds is 4. The van der Waals surface area contributed by atoms with Crippen LogP contribution in [0.1, 0.15) is 45.6 Å². The van der Waals surface area contributed by atoms with E-state index < -0.39 is 0 Å². The Hall–Kier alpha value is -0.880. The molecule has 1 fully saturated rings. The summed E-state index contributed by atoms with van der Waals surface area (Å²) in [6.07, 6.45) is 5.38. The van der Waals surface area contributed by atoms with Crippen LogP contribution in [0, 0.1) is 5.92 Å². The first-order valence-electron chi connectivity index (χ1n) is 7.18. The van der Waals surface area contributed by atoms with E-state index in [2.05, 4.69) is 26.3 Å². The summed E-state index contributed by atoms with van der Waals surface area (Å²) >= 11 is 3.36. The molecule has 0 atom stereocenters. The van der Waals surface area contributed by atoms with E-state index in [9.17, 15) is 9.90 Å². The summed E-state index contributed by atoms with van der Waals surface area (Å²) in [6, 6.07) is 0.0488. The van der Waals surface area contributed by atoms with E-state index >= 15 is 0 Å². The van der Waals surface area contributed by atoms with Crippen LogP contribution >= 0.6 is 15.9 Å². The number of nitrogens with one attached hydrogen (secondary N) is 1. The summed E-state index contributed by atoms with van der Waals surface area (Å²) in [5, 5.41) is 17.0. The SMILES string of the molecule is CC(C)n1ncc(NCC2CCC(O)CC2)c(Br)c1=O.